The van der Waals surface area contributed by atoms with E-state index < -0.39 is 0 Å². The number of amides is 1. The van der Waals surface area contributed by atoms with Gasteiger partial charge in [0.05, 0.1) is 16.5 Å². The van der Waals surface area contributed by atoms with Crippen molar-refractivity contribution in [1.29, 1.82) is 0 Å². The minimum Gasteiger partial charge on any atom is -0.341 e. The van der Waals surface area contributed by atoms with E-state index in [2.05, 4.69) is 30.9 Å². The lowest BCUT2D eigenvalue weighted by Crippen LogP contribution is -2.47. The molecule has 1 aliphatic rings. The minimum atomic E-state index is 0. The van der Waals surface area contributed by atoms with Gasteiger partial charge in [0.15, 0.2) is 0 Å². The van der Waals surface area contributed by atoms with Crippen LogP contribution in [0.2, 0.25) is 10.0 Å². The highest BCUT2D eigenvalue weighted by Gasteiger charge is 2.25. The highest BCUT2D eigenvalue weighted by molar-refractivity contribution is 6.42. The van der Waals surface area contributed by atoms with Gasteiger partial charge in [-0.2, -0.15) is 0 Å². The standard InChI is InChI=1S/C18H24Cl2N2O.CH4.ClH/c1-13(2)17(12-22-8-4-5-9-22)21(3)18(23)11-14-6-7-15(19)16(20)10-14;;/h4-7,10,13,17H,8-9,11-12H2,1-3H3;1H4;1H/t17-;;/m1../s1. The van der Waals surface area contributed by atoms with Crippen LogP contribution in [-0.4, -0.2) is 48.4 Å². The van der Waals surface area contributed by atoms with Crippen molar-refractivity contribution in [3.63, 3.8) is 0 Å². The van der Waals surface area contributed by atoms with Gasteiger partial charge in [-0.25, -0.2) is 0 Å². The van der Waals surface area contributed by atoms with Gasteiger partial charge in [0.1, 0.15) is 0 Å². The summed E-state index contributed by atoms with van der Waals surface area (Å²) in [6.45, 7) is 7.17. The predicted molar refractivity (Wildman–Crippen MR) is 111 cm³/mol. The highest BCUT2D eigenvalue weighted by Crippen LogP contribution is 2.23. The molecule has 1 amide bonds. The summed E-state index contributed by atoms with van der Waals surface area (Å²) in [6.07, 6.45) is 4.69. The number of hydrogen-bond acceptors (Lipinski definition) is 2. The van der Waals surface area contributed by atoms with E-state index in [4.69, 9.17) is 23.2 Å². The Balaban J connectivity index is 0.00000288. The average Bonchev–Trinajstić information content (AvgIpc) is 3.00. The van der Waals surface area contributed by atoms with Gasteiger partial charge in [0.2, 0.25) is 5.91 Å². The van der Waals surface area contributed by atoms with Crippen LogP contribution in [-0.2, 0) is 11.2 Å². The molecule has 1 heterocycles. The predicted octanol–water partition coefficient (Wildman–Crippen LogP) is 4.95. The fourth-order valence-corrected chi connectivity index (χ4v) is 3.17. The molecular weight excluding hydrogens is 379 g/mol. The lowest BCUT2D eigenvalue weighted by atomic mass is 10.0. The summed E-state index contributed by atoms with van der Waals surface area (Å²) in [5.74, 6) is 0.507. The largest absolute Gasteiger partial charge is 0.341 e. The molecule has 0 bridgehead atoms. The third-order valence-corrected chi connectivity index (χ3v) is 5.08. The molecule has 0 saturated carbocycles. The third kappa shape index (κ3) is 6.82. The van der Waals surface area contributed by atoms with Crippen molar-refractivity contribution >= 4 is 41.5 Å². The average molecular weight is 408 g/mol. The molecule has 0 radical (unpaired) electrons. The first-order chi connectivity index (χ1) is 10.9. The summed E-state index contributed by atoms with van der Waals surface area (Å²) in [5.41, 5.74) is 0.890. The van der Waals surface area contributed by atoms with E-state index in [1.165, 1.54) is 0 Å². The van der Waals surface area contributed by atoms with Gasteiger partial charge in [-0.3, -0.25) is 9.69 Å². The van der Waals surface area contributed by atoms with Crippen molar-refractivity contribution in [2.75, 3.05) is 26.7 Å². The number of rotatable bonds is 6. The monoisotopic (exact) mass is 406 g/mol. The minimum absolute atomic E-state index is 0. The zero-order chi connectivity index (χ0) is 17.0. The molecule has 142 valence electrons. The number of hydrogen-bond donors (Lipinski definition) is 0. The van der Waals surface area contributed by atoms with Gasteiger partial charge >= 0.3 is 0 Å². The zero-order valence-electron chi connectivity index (χ0n) is 14.3. The Morgan fingerprint density at radius 3 is 2.32 bits per heavy atom. The van der Waals surface area contributed by atoms with Crippen molar-refractivity contribution in [3.8, 4) is 0 Å². The fraction of sp³-hybridized carbons (Fsp3) is 0.526. The van der Waals surface area contributed by atoms with Crippen molar-refractivity contribution < 1.29 is 4.79 Å². The maximum atomic E-state index is 12.6. The Labute approximate surface area is 168 Å². The molecule has 1 atom stereocenters. The first-order valence-corrected chi connectivity index (χ1v) is 8.71. The molecule has 3 nitrogen and oxygen atoms in total. The van der Waals surface area contributed by atoms with Crippen LogP contribution in [0.5, 0.6) is 0 Å². The number of likely N-dealkylation sites (N-methyl/N-ethyl adjacent to an activating group) is 1. The molecule has 0 fully saturated rings. The van der Waals surface area contributed by atoms with Crippen molar-refractivity contribution in [1.82, 2.24) is 9.80 Å². The molecule has 25 heavy (non-hydrogen) atoms. The second-order valence-corrected chi connectivity index (χ2v) is 7.25. The Kier molecular flexibility index (Phi) is 10.7. The van der Waals surface area contributed by atoms with E-state index in [-0.39, 0.29) is 31.8 Å². The molecule has 0 aliphatic carbocycles. The number of nitrogens with zero attached hydrogens (tertiary/aromatic N) is 2. The molecule has 6 heteroatoms. The smallest absolute Gasteiger partial charge is 0.227 e. The Morgan fingerprint density at radius 1 is 1.20 bits per heavy atom. The van der Waals surface area contributed by atoms with Gasteiger partial charge in [-0.05, 0) is 23.6 Å². The molecule has 1 aromatic carbocycles. The number of halogens is 3. The summed E-state index contributed by atoms with van der Waals surface area (Å²) in [6, 6.07) is 5.56. The molecule has 1 aromatic rings. The van der Waals surface area contributed by atoms with Crippen molar-refractivity contribution in [2.24, 2.45) is 5.92 Å². The molecular formula is C19H29Cl3N2O. The van der Waals surface area contributed by atoms with Crippen molar-refractivity contribution in [2.45, 2.75) is 33.7 Å². The summed E-state index contributed by atoms with van der Waals surface area (Å²) in [5, 5.41) is 1.00. The lowest BCUT2D eigenvalue weighted by Gasteiger charge is -2.34. The van der Waals surface area contributed by atoms with E-state index in [0.29, 0.717) is 22.4 Å². The Hall–Kier alpha value is -0.740. The van der Waals surface area contributed by atoms with Gasteiger partial charge in [-0.1, -0.05) is 62.7 Å². The molecule has 1 aliphatic heterocycles. The number of carbonyl (C=O) groups excluding carboxylic acids is 1. The van der Waals surface area contributed by atoms with Gasteiger partial charge < -0.3 is 4.90 Å². The second-order valence-electron chi connectivity index (χ2n) is 6.43. The first kappa shape index (κ1) is 24.3. The maximum Gasteiger partial charge on any atom is 0.227 e. The second kappa shape index (κ2) is 11.1. The van der Waals surface area contributed by atoms with Crippen LogP contribution >= 0.6 is 35.6 Å². The highest BCUT2D eigenvalue weighted by atomic mass is 35.5. The van der Waals surface area contributed by atoms with E-state index >= 15 is 0 Å². The quantitative estimate of drug-likeness (QED) is 0.623. The molecule has 0 saturated heterocycles. The number of carbonyl (C=O) groups is 1. The topological polar surface area (TPSA) is 23.6 Å². The molecule has 0 spiro atoms. The SMILES string of the molecule is C.CC(C)[C@@H](CN1CC=CC1)N(C)C(=O)Cc1ccc(Cl)c(Cl)c1.Cl. The molecule has 0 unspecified atom stereocenters. The van der Waals surface area contributed by atoms with Crippen LogP contribution < -0.4 is 0 Å². The van der Waals surface area contributed by atoms with E-state index in [0.717, 1.165) is 25.2 Å². The van der Waals surface area contributed by atoms with Gasteiger partial charge in [-0.15, -0.1) is 12.4 Å². The summed E-state index contributed by atoms with van der Waals surface area (Å²) >= 11 is 12.0. The van der Waals surface area contributed by atoms with E-state index in [1.807, 2.05) is 18.0 Å². The van der Waals surface area contributed by atoms with Crippen molar-refractivity contribution in [3.05, 3.63) is 46.0 Å². The fourth-order valence-electron chi connectivity index (χ4n) is 2.85. The van der Waals surface area contributed by atoms with Gasteiger partial charge in [0.25, 0.3) is 0 Å². The van der Waals surface area contributed by atoms with E-state index in [1.54, 1.807) is 12.1 Å². The van der Waals surface area contributed by atoms with Crippen LogP contribution in [0.3, 0.4) is 0 Å². The molecule has 0 N–H and O–H groups in total. The summed E-state index contributed by atoms with van der Waals surface area (Å²) < 4.78 is 0. The van der Waals surface area contributed by atoms with Crippen LogP contribution in [0, 0.1) is 5.92 Å². The third-order valence-electron chi connectivity index (χ3n) is 4.34. The maximum absolute atomic E-state index is 12.6. The first-order valence-electron chi connectivity index (χ1n) is 7.95. The van der Waals surface area contributed by atoms with Crippen LogP contribution in [0.15, 0.2) is 30.4 Å². The van der Waals surface area contributed by atoms with Crippen LogP contribution in [0.25, 0.3) is 0 Å². The number of benzene rings is 1. The Morgan fingerprint density at radius 2 is 1.80 bits per heavy atom. The Bertz CT molecular complexity index is 582. The molecule has 2 rings (SSSR count). The summed E-state index contributed by atoms with van der Waals surface area (Å²) in [4.78, 5) is 16.9. The van der Waals surface area contributed by atoms with Gasteiger partial charge in [0, 0.05) is 32.7 Å². The lowest BCUT2D eigenvalue weighted by molar-refractivity contribution is -0.132. The van der Waals surface area contributed by atoms with Crippen LogP contribution in [0.1, 0.15) is 26.8 Å². The summed E-state index contributed by atoms with van der Waals surface area (Å²) in [7, 11) is 1.90. The van der Waals surface area contributed by atoms with E-state index in [9.17, 15) is 4.79 Å². The molecule has 0 aromatic heterocycles. The van der Waals surface area contributed by atoms with Crippen LogP contribution in [0.4, 0.5) is 0 Å². The zero-order valence-corrected chi connectivity index (χ0v) is 16.7. The normalized spacial score (nSPS) is 14.8.